The molecule has 0 heterocycles. The van der Waals surface area contributed by atoms with Gasteiger partial charge in [0, 0.05) is 12.7 Å². The Balaban J connectivity index is 2.81. The van der Waals surface area contributed by atoms with Crippen LogP contribution >= 0.6 is 0 Å². The molecule has 0 aliphatic carbocycles. The molecule has 1 aromatic carbocycles. The highest BCUT2D eigenvalue weighted by Gasteiger charge is 1.93. The number of anilines is 1. The van der Waals surface area contributed by atoms with Gasteiger partial charge in [-0.2, -0.15) is 0 Å². The average molecular weight is 176 g/mol. The van der Waals surface area contributed by atoms with Gasteiger partial charge < -0.3 is 5.43 Å². The maximum Gasteiger partial charge on any atom is 0.0487 e. The average Bonchev–Trinajstić information content (AvgIpc) is 2.18. The summed E-state index contributed by atoms with van der Waals surface area (Å²) in [5, 5.41) is 0. The highest BCUT2D eigenvalue weighted by atomic mass is 15.3. The summed E-state index contributed by atoms with van der Waals surface area (Å²) in [6, 6.07) is 8.32. The number of benzene rings is 1. The Morgan fingerprint density at radius 2 is 1.85 bits per heavy atom. The van der Waals surface area contributed by atoms with Crippen molar-refractivity contribution in [1.82, 2.24) is 5.43 Å². The minimum absolute atomic E-state index is 1.08. The second kappa shape index (κ2) is 4.67. The van der Waals surface area contributed by atoms with Crippen molar-refractivity contribution >= 4 is 11.3 Å². The third kappa shape index (κ3) is 2.60. The third-order valence-electron chi connectivity index (χ3n) is 2.04. The van der Waals surface area contributed by atoms with E-state index in [2.05, 4.69) is 55.0 Å². The van der Waals surface area contributed by atoms with Crippen molar-refractivity contribution in [3.63, 3.8) is 0 Å². The molecule has 2 nitrogen and oxygen atoms in total. The van der Waals surface area contributed by atoms with Crippen LogP contribution in [-0.2, 0) is 0 Å². The van der Waals surface area contributed by atoms with Crippen molar-refractivity contribution in [1.29, 1.82) is 0 Å². The molecule has 0 saturated heterocycles. The molecule has 0 amide bonds. The van der Waals surface area contributed by atoms with Crippen LogP contribution in [0.25, 0.3) is 5.57 Å². The summed E-state index contributed by atoms with van der Waals surface area (Å²) in [6.07, 6.45) is 2.11. The van der Waals surface area contributed by atoms with Crippen molar-refractivity contribution in [2.24, 2.45) is 0 Å². The van der Waals surface area contributed by atoms with Gasteiger partial charge in [0.25, 0.3) is 0 Å². The molecule has 0 unspecified atom stereocenters. The molecule has 0 radical (unpaired) electrons. The van der Waals surface area contributed by atoms with E-state index in [1.807, 2.05) is 7.05 Å². The molecule has 70 valence electrons. The maximum atomic E-state index is 3.02. The first-order valence-electron chi connectivity index (χ1n) is 4.44. The lowest BCUT2D eigenvalue weighted by atomic mass is 10.1. The zero-order chi connectivity index (χ0) is 9.68. The Labute approximate surface area is 79.6 Å². The van der Waals surface area contributed by atoms with Crippen LogP contribution in [0, 0.1) is 0 Å². The van der Waals surface area contributed by atoms with E-state index < -0.39 is 0 Å². The molecule has 0 bridgehead atoms. The summed E-state index contributed by atoms with van der Waals surface area (Å²) in [6.45, 7) is 4.16. The molecule has 1 rings (SSSR count). The van der Waals surface area contributed by atoms with Gasteiger partial charge in [-0.25, -0.2) is 5.43 Å². The maximum absolute atomic E-state index is 3.02. The van der Waals surface area contributed by atoms with Crippen LogP contribution in [0.5, 0.6) is 0 Å². The summed E-state index contributed by atoms with van der Waals surface area (Å²) in [5.74, 6) is 0. The van der Waals surface area contributed by atoms with Crippen LogP contribution < -0.4 is 10.9 Å². The minimum atomic E-state index is 1.08. The number of hydrazine groups is 1. The summed E-state index contributed by atoms with van der Waals surface area (Å²) < 4.78 is 0. The van der Waals surface area contributed by atoms with Gasteiger partial charge in [-0.1, -0.05) is 18.2 Å². The van der Waals surface area contributed by atoms with Gasteiger partial charge in [-0.15, -0.1) is 0 Å². The highest BCUT2D eigenvalue weighted by molar-refractivity contribution is 5.65. The van der Waals surface area contributed by atoms with Crippen LogP contribution in [0.4, 0.5) is 5.69 Å². The smallest absolute Gasteiger partial charge is 0.0487 e. The molecule has 0 fully saturated rings. The molecule has 0 spiro atoms. The zero-order valence-corrected chi connectivity index (χ0v) is 8.39. The SMILES string of the molecule is C/C=C(\C)c1ccc(NNC)cc1. The van der Waals surface area contributed by atoms with E-state index >= 15 is 0 Å². The van der Waals surface area contributed by atoms with E-state index in [9.17, 15) is 0 Å². The zero-order valence-electron chi connectivity index (χ0n) is 8.39. The summed E-state index contributed by atoms with van der Waals surface area (Å²) in [7, 11) is 1.85. The molecular weight excluding hydrogens is 160 g/mol. The van der Waals surface area contributed by atoms with E-state index in [0.29, 0.717) is 0 Å². The summed E-state index contributed by atoms with van der Waals surface area (Å²) in [5.41, 5.74) is 9.55. The predicted octanol–water partition coefficient (Wildman–Crippen LogP) is 2.66. The van der Waals surface area contributed by atoms with Gasteiger partial charge >= 0.3 is 0 Å². The Hall–Kier alpha value is -1.28. The van der Waals surface area contributed by atoms with Gasteiger partial charge in [0.2, 0.25) is 0 Å². The number of hydrogen-bond donors (Lipinski definition) is 2. The van der Waals surface area contributed by atoms with E-state index in [4.69, 9.17) is 0 Å². The normalized spacial score (nSPS) is 11.5. The van der Waals surface area contributed by atoms with Gasteiger partial charge in [0.1, 0.15) is 0 Å². The molecular formula is C11H16N2. The van der Waals surface area contributed by atoms with Gasteiger partial charge in [-0.05, 0) is 37.1 Å². The molecule has 0 aliphatic rings. The predicted molar refractivity (Wildman–Crippen MR) is 58.4 cm³/mol. The quantitative estimate of drug-likeness (QED) is 0.692. The summed E-state index contributed by atoms with van der Waals surface area (Å²) in [4.78, 5) is 0. The molecule has 2 N–H and O–H groups in total. The fraction of sp³-hybridized carbons (Fsp3) is 0.273. The monoisotopic (exact) mass is 176 g/mol. The van der Waals surface area contributed by atoms with E-state index in [-0.39, 0.29) is 0 Å². The third-order valence-corrected chi connectivity index (χ3v) is 2.04. The largest absolute Gasteiger partial charge is 0.322 e. The summed E-state index contributed by atoms with van der Waals surface area (Å²) >= 11 is 0. The topological polar surface area (TPSA) is 24.1 Å². The van der Waals surface area contributed by atoms with Crippen molar-refractivity contribution in [3.8, 4) is 0 Å². The Bertz CT molecular complexity index is 285. The lowest BCUT2D eigenvalue weighted by Gasteiger charge is -2.05. The van der Waals surface area contributed by atoms with Crippen molar-refractivity contribution in [2.75, 3.05) is 12.5 Å². The number of allylic oxidation sites excluding steroid dienone is 2. The van der Waals surface area contributed by atoms with Gasteiger partial charge in [0.15, 0.2) is 0 Å². The first-order chi connectivity index (χ1) is 6.27. The molecule has 2 heteroatoms. The number of nitrogens with one attached hydrogen (secondary N) is 2. The van der Waals surface area contributed by atoms with Crippen LogP contribution in [0.3, 0.4) is 0 Å². The molecule has 0 saturated carbocycles. The van der Waals surface area contributed by atoms with Crippen molar-refractivity contribution in [2.45, 2.75) is 13.8 Å². The first-order valence-corrected chi connectivity index (χ1v) is 4.44. The fourth-order valence-electron chi connectivity index (χ4n) is 1.13. The van der Waals surface area contributed by atoms with Crippen LogP contribution in [0.2, 0.25) is 0 Å². The fourth-order valence-corrected chi connectivity index (χ4v) is 1.13. The van der Waals surface area contributed by atoms with E-state index in [1.54, 1.807) is 0 Å². The standard InChI is InChI=1S/C11H16N2/c1-4-9(2)10-5-7-11(8-6-10)13-12-3/h4-8,12-13H,1-3H3/b9-4+. The second-order valence-electron chi connectivity index (χ2n) is 2.92. The van der Waals surface area contributed by atoms with Gasteiger partial charge in [0.05, 0.1) is 0 Å². The van der Waals surface area contributed by atoms with Crippen LogP contribution in [-0.4, -0.2) is 7.05 Å². The van der Waals surface area contributed by atoms with Crippen molar-refractivity contribution < 1.29 is 0 Å². The molecule has 13 heavy (non-hydrogen) atoms. The first kappa shape index (κ1) is 9.81. The van der Waals surface area contributed by atoms with E-state index in [0.717, 1.165) is 5.69 Å². The lowest BCUT2D eigenvalue weighted by molar-refractivity contribution is 0.984. The molecule has 0 aliphatic heterocycles. The van der Waals surface area contributed by atoms with Crippen LogP contribution in [0.1, 0.15) is 19.4 Å². The lowest BCUT2D eigenvalue weighted by Crippen LogP contribution is -2.14. The molecule has 0 aromatic heterocycles. The molecule has 1 aromatic rings. The Morgan fingerprint density at radius 3 is 2.31 bits per heavy atom. The van der Waals surface area contributed by atoms with Gasteiger partial charge in [-0.3, -0.25) is 0 Å². The van der Waals surface area contributed by atoms with E-state index in [1.165, 1.54) is 11.1 Å². The molecule has 0 atom stereocenters. The number of hydrogen-bond acceptors (Lipinski definition) is 2. The minimum Gasteiger partial charge on any atom is -0.322 e. The Morgan fingerprint density at radius 1 is 1.23 bits per heavy atom. The Kier molecular flexibility index (Phi) is 3.53. The van der Waals surface area contributed by atoms with Crippen LogP contribution in [0.15, 0.2) is 30.3 Å². The van der Waals surface area contributed by atoms with Crippen molar-refractivity contribution in [3.05, 3.63) is 35.9 Å². The highest BCUT2D eigenvalue weighted by Crippen LogP contribution is 2.15. The second-order valence-corrected chi connectivity index (χ2v) is 2.92. The number of rotatable bonds is 3.